The zero-order valence-corrected chi connectivity index (χ0v) is 16.4. The number of primary amides is 2. The van der Waals surface area contributed by atoms with Gasteiger partial charge in [0.15, 0.2) is 5.82 Å². The van der Waals surface area contributed by atoms with Gasteiger partial charge in [-0.25, -0.2) is 4.68 Å². The first-order chi connectivity index (χ1) is 14.3. The van der Waals surface area contributed by atoms with Gasteiger partial charge < -0.3 is 22.1 Å². The van der Waals surface area contributed by atoms with Crippen LogP contribution in [-0.2, 0) is 4.79 Å². The fourth-order valence-corrected chi connectivity index (χ4v) is 2.86. The second kappa shape index (κ2) is 8.47. The van der Waals surface area contributed by atoms with E-state index in [1.807, 2.05) is 6.07 Å². The van der Waals surface area contributed by atoms with Gasteiger partial charge in [0.1, 0.15) is 11.6 Å². The van der Waals surface area contributed by atoms with E-state index in [1.54, 1.807) is 55.2 Å². The maximum Gasteiger partial charge on any atom is 0.267 e. The summed E-state index contributed by atoms with van der Waals surface area (Å²) >= 11 is 0. The molecule has 3 rings (SSSR count). The first-order valence-electron chi connectivity index (χ1n) is 9.13. The van der Waals surface area contributed by atoms with Crippen LogP contribution in [0.25, 0.3) is 5.69 Å². The number of carbonyl (C=O) groups is 2. The summed E-state index contributed by atoms with van der Waals surface area (Å²) in [5, 5.41) is 9.90. The highest BCUT2D eigenvalue weighted by atomic mass is 16.2. The van der Waals surface area contributed by atoms with Crippen molar-refractivity contribution < 1.29 is 9.59 Å². The number of nitrogens with two attached hydrogens (primary N) is 2. The lowest BCUT2D eigenvalue weighted by Gasteiger charge is -2.20. The largest absolute Gasteiger partial charge is 0.368 e. The van der Waals surface area contributed by atoms with Crippen molar-refractivity contribution in [3.05, 3.63) is 58.6 Å². The van der Waals surface area contributed by atoms with E-state index in [0.717, 1.165) is 5.69 Å². The molecule has 0 aliphatic carbocycles. The van der Waals surface area contributed by atoms with Crippen molar-refractivity contribution in [3.63, 3.8) is 0 Å². The molecule has 30 heavy (non-hydrogen) atoms. The minimum Gasteiger partial charge on any atom is -0.368 e. The quantitative estimate of drug-likeness (QED) is 0.363. The summed E-state index contributed by atoms with van der Waals surface area (Å²) in [6.07, 6.45) is 3.42. The topological polar surface area (TPSA) is 174 Å². The maximum absolute atomic E-state index is 12.5. The van der Waals surface area contributed by atoms with E-state index < -0.39 is 23.4 Å². The molecule has 156 valence electrons. The number of aromatic amines is 1. The van der Waals surface area contributed by atoms with Crippen LogP contribution in [0.5, 0.6) is 0 Å². The Hall–Kier alpha value is -4.15. The Morgan fingerprint density at radius 2 is 1.97 bits per heavy atom. The Morgan fingerprint density at radius 3 is 2.57 bits per heavy atom. The van der Waals surface area contributed by atoms with E-state index in [1.165, 1.54) is 0 Å². The third-order valence-electron chi connectivity index (χ3n) is 4.31. The van der Waals surface area contributed by atoms with Crippen LogP contribution >= 0.6 is 0 Å². The highest BCUT2D eigenvalue weighted by Gasteiger charge is 2.22. The van der Waals surface area contributed by atoms with Gasteiger partial charge in [0, 0.05) is 18.1 Å². The molecule has 0 saturated heterocycles. The zero-order valence-electron chi connectivity index (χ0n) is 16.4. The van der Waals surface area contributed by atoms with Crippen molar-refractivity contribution in [2.24, 2.45) is 17.4 Å². The first-order valence-corrected chi connectivity index (χ1v) is 9.13. The molecular formula is C19H22N8O3. The molecule has 2 heterocycles. The van der Waals surface area contributed by atoms with E-state index in [0.29, 0.717) is 5.69 Å². The normalized spacial score (nSPS) is 11.8. The second-order valence-electron chi connectivity index (χ2n) is 6.90. The fourth-order valence-electron chi connectivity index (χ4n) is 2.86. The van der Waals surface area contributed by atoms with Gasteiger partial charge in [0.25, 0.3) is 11.5 Å². The highest BCUT2D eigenvalue weighted by Crippen LogP contribution is 2.21. The molecule has 2 aromatic heterocycles. The SMILES string of the molecule is CC(C)[C@@H](Nc1nc(Nc2cccc(-n3cccn3)c2)c(C(N)=O)c(=O)[nH]1)C(N)=O. The summed E-state index contributed by atoms with van der Waals surface area (Å²) in [7, 11) is 0. The van der Waals surface area contributed by atoms with Crippen LogP contribution in [-0.4, -0.2) is 37.6 Å². The lowest BCUT2D eigenvalue weighted by atomic mass is 10.0. The minimum atomic E-state index is -0.948. The number of nitrogens with one attached hydrogen (secondary N) is 3. The molecular weight excluding hydrogens is 388 g/mol. The number of aromatic nitrogens is 4. The maximum atomic E-state index is 12.5. The average Bonchev–Trinajstić information content (AvgIpc) is 3.20. The number of hydrogen-bond acceptors (Lipinski definition) is 7. The van der Waals surface area contributed by atoms with Crippen LogP contribution in [0, 0.1) is 5.92 Å². The molecule has 0 aliphatic rings. The molecule has 1 atom stereocenters. The fraction of sp³-hybridized carbons (Fsp3) is 0.211. The number of H-pyrrole nitrogens is 1. The monoisotopic (exact) mass is 410 g/mol. The van der Waals surface area contributed by atoms with E-state index >= 15 is 0 Å². The lowest BCUT2D eigenvalue weighted by Crippen LogP contribution is -2.40. The van der Waals surface area contributed by atoms with Crippen molar-refractivity contribution in [2.45, 2.75) is 19.9 Å². The van der Waals surface area contributed by atoms with Gasteiger partial charge in [0.05, 0.1) is 5.69 Å². The number of carbonyl (C=O) groups excluding carboxylic acids is 2. The molecule has 0 fully saturated rings. The van der Waals surface area contributed by atoms with Crippen LogP contribution in [0.4, 0.5) is 17.5 Å². The molecule has 0 unspecified atom stereocenters. The second-order valence-corrected chi connectivity index (χ2v) is 6.90. The summed E-state index contributed by atoms with van der Waals surface area (Å²) in [4.78, 5) is 42.6. The van der Waals surface area contributed by atoms with Gasteiger partial charge in [-0.3, -0.25) is 19.4 Å². The Bertz CT molecular complexity index is 1120. The van der Waals surface area contributed by atoms with Crippen molar-refractivity contribution in [1.29, 1.82) is 0 Å². The van der Waals surface area contributed by atoms with Crippen molar-refractivity contribution >= 4 is 29.3 Å². The summed E-state index contributed by atoms with van der Waals surface area (Å²) in [5.74, 6) is -1.79. The van der Waals surface area contributed by atoms with E-state index in [9.17, 15) is 14.4 Å². The predicted molar refractivity (Wildman–Crippen MR) is 112 cm³/mol. The molecule has 3 aromatic rings. The molecule has 1 aromatic carbocycles. The number of rotatable bonds is 8. The molecule has 0 bridgehead atoms. The van der Waals surface area contributed by atoms with Crippen molar-refractivity contribution in [2.75, 3.05) is 10.6 Å². The minimum absolute atomic E-state index is 0.0202. The Balaban J connectivity index is 2.00. The van der Waals surface area contributed by atoms with Gasteiger partial charge in [-0.05, 0) is 30.2 Å². The summed E-state index contributed by atoms with van der Waals surface area (Å²) < 4.78 is 1.65. The molecule has 0 radical (unpaired) electrons. The van der Waals surface area contributed by atoms with Crippen LogP contribution in [0.15, 0.2) is 47.5 Å². The summed E-state index contributed by atoms with van der Waals surface area (Å²) in [5.41, 5.74) is 11.0. The predicted octanol–water partition coefficient (Wildman–Crippen LogP) is 0.720. The molecule has 0 spiro atoms. The molecule has 11 nitrogen and oxygen atoms in total. The van der Waals surface area contributed by atoms with Crippen LogP contribution in [0.2, 0.25) is 0 Å². The standard InChI is InChI=1S/C19H22N8O3/c1-10(2)14(16(21)29)24-19-25-17(13(15(20)28)18(30)26-19)23-11-5-3-6-12(9-11)27-8-4-7-22-27/h3-10,14H,1-2H3,(H2,20,28)(H2,21,29)(H3,23,24,25,26,30)/t14-/m1/s1. The molecule has 0 aliphatic heterocycles. The number of nitrogens with zero attached hydrogens (tertiary/aromatic N) is 3. The first kappa shape index (κ1) is 20.6. The number of amides is 2. The van der Waals surface area contributed by atoms with Crippen LogP contribution in [0.3, 0.4) is 0 Å². The Labute approximate surface area is 171 Å². The molecule has 7 N–H and O–H groups in total. The van der Waals surface area contributed by atoms with E-state index in [2.05, 4.69) is 25.7 Å². The third kappa shape index (κ3) is 4.46. The lowest BCUT2D eigenvalue weighted by molar-refractivity contribution is -0.119. The Kier molecular flexibility index (Phi) is 5.81. The number of benzene rings is 1. The zero-order chi connectivity index (χ0) is 21.8. The Morgan fingerprint density at radius 1 is 1.20 bits per heavy atom. The van der Waals surface area contributed by atoms with Crippen molar-refractivity contribution in [1.82, 2.24) is 19.7 Å². The number of anilines is 3. The van der Waals surface area contributed by atoms with Gasteiger partial charge in [-0.1, -0.05) is 19.9 Å². The molecule has 0 saturated carbocycles. The van der Waals surface area contributed by atoms with Crippen LogP contribution < -0.4 is 27.7 Å². The molecule has 2 amide bonds. The van der Waals surface area contributed by atoms with Gasteiger partial charge in [-0.2, -0.15) is 10.1 Å². The van der Waals surface area contributed by atoms with Gasteiger partial charge in [0.2, 0.25) is 11.9 Å². The highest BCUT2D eigenvalue weighted by molar-refractivity contribution is 5.98. The van der Waals surface area contributed by atoms with E-state index in [4.69, 9.17) is 11.5 Å². The van der Waals surface area contributed by atoms with Gasteiger partial charge >= 0.3 is 0 Å². The number of hydrogen-bond donors (Lipinski definition) is 5. The van der Waals surface area contributed by atoms with Gasteiger partial charge in [-0.15, -0.1) is 0 Å². The summed E-state index contributed by atoms with van der Waals surface area (Å²) in [6, 6.07) is 8.11. The van der Waals surface area contributed by atoms with Crippen LogP contribution in [0.1, 0.15) is 24.2 Å². The molecule has 11 heteroatoms. The van der Waals surface area contributed by atoms with Crippen molar-refractivity contribution in [3.8, 4) is 5.69 Å². The van der Waals surface area contributed by atoms with E-state index in [-0.39, 0.29) is 23.2 Å². The summed E-state index contributed by atoms with van der Waals surface area (Å²) in [6.45, 7) is 3.58. The smallest absolute Gasteiger partial charge is 0.267 e. The average molecular weight is 410 g/mol. The third-order valence-corrected chi connectivity index (χ3v) is 4.31.